The van der Waals surface area contributed by atoms with Crippen LogP contribution < -0.4 is 10.2 Å². The summed E-state index contributed by atoms with van der Waals surface area (Å²) >= 11 is 0. The molecule has 2 fully saturated rings. The maximum Gasteiger partial charge on any atom is 0.271 e. The van der Waals surface area contributed by atoms with Crippen LogP contribution in [0.15, 0.2) is 49.3 Å². The monoisotopic (exact) mass is 611 g/mol. The third-order valence-corrected chi connectivity index (χ3v) is 10.5. The van der Waals surface area contributed by atoms with Crippen LogP contribution >= 0.6 is 0 Å². The van der Waals surface area contributed by atoms with Crippen molar-refractivity contribution in [2.24, 2.45) is 5.92 Å². The lowest BCUT2D eigenvalue weighted by Gasteiger charge is -2.49. The van der Waals surface area contributed by atoms with Gasteiger partial charge in [-0.2, -0.15) is 10.4 Å². The van der Waals surface area contributed by atoms with Gasteiger partial charge in [0.05, 0.1) is 37.7 Å². The van der Waals surface area contributed by atoms with Crippen LogP contribution in [0.25, 0.3) is 22.2 Å². The van der Waals surface area contributed by atoms with Crippen LogP contribution in [0, 0.1) is 17.2 Å². The Hall–Kier alpha value is -4.08. The summed E-state index contributed by atoms with van der Waals surface area (Å²) < 4.78 is 9.99. The summed E-state index contributed by atoms with van der Waals surface area (Å²) in [6.07, 6.45) is 13.6. The van der Waals surface area contributed by atoms with Crippen molar-refractivity contribution in [2.45, 2.75) is 70.0 Å². The van der Waals surface area contributed by atoms with Crippen LogP contribution in [-0.2, 0) is 16.8 Å². The molecule has 12 heteroatoms. The Bertz CT molecular complexity index is 1660. The highest BCUT2D eigenvalue weighted by molar-refractivity contribution is 6.76. The Morgan fingerprint density at radius 3 is 2.68 bits per heavy atom. The first kappa shape index (κ1) is 30.0. The number of hydrogen-bond acceptors (Lipinski definition) is 8. The van der Waals surface area contributed by atoms with E-state index in [1.807, 2.05) is 36.3 Å². The molecule has 44 heavy (non-hydrogen) atoms. The average molecular weight is 612 g/mol. The molecule has 2 aliphatic rings. The van der Waals surface area contributed by atoms with Crippen molar-refractivity contribution < 1.29 is 9.53 Å². The fraction of sp³-hybridized carbons (Fsp3) is 0.500. The topological polar surface area (TPSA) is 127 Å². The van der Waals surface area contributed by atoms with E-state index in [0.29, 0.717) is 43.5 Å². The second kappa shape index (κ2) is 12.1. The standard InChI is InChI=1S/C32H41N9O2Si/c1-23(24-5-6-24)38-31(42)28-18-36-29(19-35-28)40-21-32(22-40,9-10-33)41-20-25(17-37-41)26-7-11-34-30-27(26)8-12-39(30)13-14-43-15-16-44(2,3)4/h7-8,11-12,17-20,23-24H,5-6,9,13-16,21-22H2,1-4H3,(H,38,42)/t23-/m0/s1. The molecule has 230 valence electrons. The number of nitriles is 1. The molecule has 5 heterocycles. The van der Waals surface area contributed by atoms with Gasteiger partial charge in [0.15, 0.2) is 0 Å². The molecule has 1 aliphatic carbocycles. The minimum absolute atomic E-state index is 0.150. The van der Waals surface area contributed by atoms with E-state index in [0.717, 1.165) is 41.4 Å². The molecule has 0 aromatic carbocycles. The van der Waals surface area contributed by atoms with Crippen LogP contribution in [-0.4, -0.2) is 75.6 Å². The molecule has 1 saturated carbocycles. The number of pyridine rings is 1. The van der Waals surface area contributed by atoms with E-state index in [1.165, 1.54) is 19.0 Å². The highest BCUT2D eigenvalue weighted by Gasteiger charge is 2.46. The molecule has 0 radical (unpaired) electrons. The molecule has 1 aliphatic heterocycles. The maximum atomic E-state index is 12.5. The summed E-state index contributed by atoms with van der Waals surface area (Å²) in [7, 11) is -1.10. The molecule has 4 aromatic heterocycles. The number of rotatable bonds is 13. The lowest BCUT2D eigenvalue weighted by molar-refractivity contribution is 0.0930. The van der Waals surface area contributed by atoms with Gasteiger partial charge in [-0.1, -0.05) is 19.6 Å². The van der Waals surface area contributed by atoms with Gasteiger partial charge in [0.1, 0.15) is 22.7 Å². The fourth-order valence-electron chi connectivity index (χ4n) is 5.79. The van der Waals surface area contributed by atoms with Crippen molar-refractivity contribution in [3.63, 3.8) is 0 Å². The van der Waals surface area contributed by atoms with Crippen molar-refractivity contribution in [3.05, 3.63) is 55.0 Å². The predicted octanol–water partition coefficient (Wildman–Crippen LogP) is 4.70. The predicted molar refractivity (Wildman–Crippen MR) is 172 cm³/mol. The fourth-order valence-corrected chi connectivity index (χ4v) is 6.55. The molecule has 0 unspecified atom stereocenters. The molecule has 0 bridgehead atoms. The first-order valence-electron chi connectivity index (χ1n) is 15.5. The van der Waals surface area contributed by atoms with E-state index in [4.69, 9.17) is 9.84 Å². The first-order valence-corrected chi connectivity index (χ1v) is 19.2. The van der Waals surface area contributed by atoms with Gasteiger partial charge < -0.3 is 19.5 Å². The largest absolute Gasteiger partial charge is 0.380 e. The van der Waals surface area contributed by atoms with Gasteiger partial charge in [-0.05, 0) is 49.4 Å². The SMILES string of the molecule is C[C@H](NC(=O)c1cnc(N2CC(CC#N)(n3cc(-c4ccnc5c4ccn5CCOCC[Si](C)(C)C)cn3)C2)cn1)C1CC1. The minimum atomic E-state index is -1.10. The van der Waals surface area contributed by atoms with Gasteiger partial charge >= 0.3 is 0 Å². The smallest absolute Gasteiger partial charge is 0.271 e. The van der Waals surface area contributed by atoms with Gasteiger partial charge in [0.25, 0.3) is 5.91 Å². The number of carbonyl (C=O) groups excluding carboxylic acids is 1. The lowest BCUT2D eigenvalue weighted by atomic mass is 9.87. The second-order valence-electron chi connectivity index (χ2n) is 13.5. The third kappa shape index (κ3) is 6.39. The summed E-state index contributed by atoms with van der Waals surface area (Å²) in [5, 5.41) is 18.5. The van der Waals surface area contributed by atoms with E-state index in [9.17, 15) is 10.1 Å². The van der Waals surface area contributed by atoms with Crippen molar-refractivity contribution in [2.75, 3.05) is 31.2 Å². The van der Waals surface area contributed by atoms with Crippen molar-refractivity contribution in [1.82, 2.24) is 34.6 Å². The van der Waals surface area contributed by atoms with Gasteiger partial charge in [0, 0.05) is 69.9 Å². The zero-order valence-electron chi connectivity index (χ0n) is 26.0. The molecule has 4 aromatic rings. The normalized spacial score (nSPS) is 16.8. The van der Waals surface area contributed by atoms with Crippen LogP contribution in [0.4, 0.5) is 5.82 Å². The van der Waals surface area contributed by atoms with E-state index in [1.54, 1.807) is 6.20 Å². The zero-order valence-corrected chi connectivity index (χ0v) is 27.0. The minimum Gasteiger partial charge on any atom is -0.380 e. The number of amides is 1. The summed E-state index contributed by atoms with van der Waals surface area (Å²) in [5.41, 5.74) is 2.79. The Balaban J connectivity index is 1.12. The number of anilines is 1. The number of aromatic nitrogens is 6. The van der Waals surface area contributed by atoms with Crippen LogP contribution in [0.3, 0.4) is 0 Å². The molecule has 11 nitrogen and oxygen atoms in total. The third-order valence-electron chi connectivity index (χ3n) is 8.78. The summed E-state index contributed by atoms with van der Waals surface area (Å²) in [4.78, 5) is 28.2. The molecular weight excluding hydrogens is 570 g/mol. The van der Waals surface area contributed by atoms with Crippen molar-refractivity contribution >= 4 is 30.8 Å². The number of nitrogens with one attached hydrogen (secondary N) is 1. The maximum absolute atomic E-state index is 12.5. The first-order chi connectivity index (χ1) is 21.2. The number of fused-ring (bicyclic) bond motifs is 1. The highest BCUT2D eigenvalue weighted by Crippen LogP contribution is 2.37. The highest BCUT2D eigenvalue weighted by atomic mass is 28.3. The molecule has 1 saturated heterocycles. The van der Waals surface area contributed by atoms with Gasteiger partial charge in [-0.3, -0.25) is 9.48 Å². The second-order valence-corrected chi connectivity index (χ2v) is 19.1. The number of carbonyl (C=O) groups is 1. The number of hydrogen-bond donors (Lipinski definition) is 1. The number of nitrogens with zero attached hydrogens (tertiary/aromatic N) is 8. The summed E-state index contributed by atoms with van der Waals surface area (Å²) in [6, 6.07) is 7.78. The molecule has 1 amide bonds. The molecule has 6 rings (SSSR count). The molecule has 0 spiro atoms. The van der Waals surface area contributed by atoms with Crippen LogP contribution in [0.2, 0.25) is 25.7 Å². The summed E-state index contributed by atoms with van der Waals surface area (Å²) in [6.45, 7) is 12.5. The number of ether oxygens (including phenoxy) is 1. The Morgan fingerprint density at radius 2 is 1.98 bits per heavy atom. The average Bonchev–Trinajstić information content (AvgIpc) is 3.58. The van der Waals surface area contributed by atoms with Crippen LogP contribution in [0.5, 0.6) is 0 Å². The van der Waals surface area contributed by atoms with Crippen LogP contribution in [0.1, 0.15) is 36.7 Å². The van der Waals surface area contributed by atoms with Crippen molar-refractivity contribution in [1.29, 1.82) is 5.26 Å². The van der Waals surface area contributed by atoms with Gasteiger partial charge in [-0.15, -0.1) is 0 Å². The Labute approximate surface area is 259 Å². The zero-order chi connectivity index (χ0) is 30.9. The Morgan fingerprint density at radius 1 is 1.16 bits per heavy atom. The van der Waals surface area contributed by atoms with Gasteiger partial charge in [0.2, 0.25) is 0 Å². The molecule has 1 N–H and O–H groups in total. The molecular formula is C32H41N9O2Si. The van der Waals surface area contributed by atoms with Gasteiger partial charge in [-0.25, -0.2) is 15.0 Å². The van der Waals surface area contributed by atoms with E-state index in [2.05, 4.69) is 67.7 Å². The van der Waals surface area contributed by atoms with E-state index < -0.39 is 13.6 Å². The lowest BCUT2D eigenvalue weighted by Crippen LogP contribution is -2.63. The van der Waals surface area contributed by atoms with Crippen molar-refractivity contribution in [3.8, 4) is 17.2 Å². The van der Waals surface area contributed by atoms with E-state index in [-0.39, 0.29) is 11.9 Å². The quantitative estimate of drug-likeness (QED) is 0.170. The summed E-state index contributed by atoms with van der Waals surface area (Å²) in [5.74, 6) is 1.06. The van der Waals surface area contributed by atoms with E-state index >= 15 is 0 Å². The molecule has 1 atom stereocenters. The Kier molecular flexibility index (Phi) is 8.26.